The molecular formula is C21H27N5O. The Morgan fingerprint density at radius 2 is 1.85 bits per heavy atom. The van der Waals surface area contributed by atoms with Crippen molar-refractivity contribution < 1.29 is 4.52 Å². The van der Waals surface area contributed by atoms with E-state index in [2.05, 4.69) is 59.9 Å². The first kappa shape index (κ1) is 17.9. The molecule has 0 spiro atoms. The molecule has 2 N–H and O–H groups in total. The predicted molar refractivity (Wildman–Crippen MR) is 103 cm³/mol. The number of rotatable bonds is 6. The van der Waals surface area contributed by atoms with Crippen LogP contribution in [0.2, 0.25) is 0 Å². The third-order valence-corrected chi connectivity index (χ3v) is 5.73. The number of nitrogens with zero attached hydrogens (tertiary/aromatic N) is 4. The Kier molecular flexibility index (Phi) is 4.60. The summed E-state index contributed by atoms with van der Waals surface area (Å²) < 4.78 is 7.51. The van der Waals surface area contributed by atoms with Gasteiger partial charge in [-0.25, -0.2) is 0 Å². The molecule has 0 bridgehead atoms. The zero-order chi connectivity index (χ0) is 19.0. The number of hydrogen-bond acceptors (Lipinski definition) is 5. The molecule has 3 aromatic rings. The summed E-state index contributed by atoms with van der Waals surface area (Å²) in [6.07, 6.45) is 4.57. The van der Waals surface area contributed by atoms with Crippen LogP contribution in [0, 0.1) is 20.8 Å². The smallest absolute Gasteiger partial charge is 0.227 e. The average molecular weight is 365 g/mol. The summed E-state index contributed by atoms with van der Waals surface area (Å²) in [7, 11) is 0. The third-order valence-electron chi connectivity index (χ3n) is 5.73. The fraction of sp³-hybridized carbons (Fsp3) is 0.476. The number of aryl methyl sites for hydroxylation is 3. The fourth-order valence-electron chi connectivity index (χ4n) is 3.69. The van der Waals surface area contributed by atoms with Crippen molar-refractivity contribution in [3.8, 4) is 0 Å². The molecule has 6 nitrogen and oxygen atoms in total. The van der Waals surface area contributed by atoms with Gasteiger partial charge in [0.25, 0.3) is 0 Å². The molecule has 1 saturated carbocycles. The summed E-state index contributed by atoms with van der Waals surface area (Å²) in [6.45, 7) is 7.08. The lowest BCUT2D eigenvalue weighted by Gasteiger charge is -2.34. The molecule has 0 aliphatic heterocycles. The van der Waals surface area contributed by atoms with Crippen LogP contribution in [0.15, 0.2) is 28.8 Å². The maximum atomic E-state index is 6.28. The number of aromatic nitrogens is 4. The van der Waals surface area contributed by atoms with Crippen LogP contribution < -0.4 is 5.73 Å². The molecule has 0 saturated heterocycles. The van der Waals surface area contributed by atoms with Gasteiger partial charge in [0.2, 0.25) is 5.89 Å². The van der Waals surface area contributed by atoms with Crippen LogP contribution >= 0.6 is 0 Å². The molecule has 0 unspecified atom stereocenters. The third kappa shape index (κ3) is 3.54. The van der Waals surface area contributed by atoms with Crippen molar-refractivity contribution in [3.05, 3.63) is 64.1 Å². The van der Waals surface area contributed by atoms with E-state index < -0.39 is 0 Å². The van der Waals surface area contributed by atoms with Crippen molar-refractivity contribution in [3.63, 3.8) is 0 Å². The molecule has 1 fully saturated rings. The van der Waals surface area contributed by atoms with Gasteiger partial charge in [-0.05, 0) is 57.6 Å². The fourth-order valence-corrected chi connectivity index (χ4v) is 3.69. The lowest BCUT2D eigenvalue weighted by Crippen LogP contribution is -2.44. The summed E-state index contributed by atoms with van der Waals surface area (Å²) in [4.78, 5) is 4.53. The lowest BCUT2D eigenvalue weighted by molar-refractivity contribution is 0.229. The van der Waals surface area contributed by atoms with Crippen molar-refractivity contribution in [2.75, 3.05) is 0 Å². The van der Waals surface area contributed by atoms with Crippen LogP contribution in [0.1, 0.15) is 59.1 Å². The van der Waals surface area contributed by atoms with Crippen molar-refractivity contribution in [2.24, 2.45) is 5.73 Å². The van der Waals surface area contributed by atoms with Gasteiger partial charge in [0.15, 0.2) is 5.82 Å². The molecule has 2 aromatic heterocycles. The lowest BCUT2D eigenvalue weighted by atomic mass is 9.77. The summed E-state index contributed by atoms with van der Waals surface area (Å²) >= 11 is 0. The first-order chi connectivity index (χ1) is 12.9. The first-order valence-electron chi connectivity index (χ1n) is 9.65. The molecular weight excluding hydrogens is 338 g/mol. The van der Waals surface area contributed by atoms with Gasteiger partial charge in [0.1, 0.15) is 0 Å². The molecule has 1 aliphatic rings. The Morgan fingerprint density at radius 1 is 1.11 bits per heavy atom. The molecule has 142 valence electrons. The Bertz CT molecular complexity index is 934. The van der Waals surface area contributed by atoms with Gasteiger partial charge in [-0.2, -0.15) is 10.1 Å². The first-order valence-corrected chi connectivity index (χ1v) is 9.65. The van der Waals surface area contributed by atoms with Crippen LogP contribution in [-0.4, -0.2) is 19.9 Å². The van der Waals surface area contributed by atoms with Gasteiger partial charge < -0.3 is 10.3 Å². The van der Waals surface area contributed by atoms with Crippen LogP contribution in [0.5, 0.6) is 0 Å². The summed E-state index contributed by atoms with van der Waals surface area (Å²) in [5.41, 5.74) is 12.0. The van der Waals surface area contributed by atoms with Crippen molar-refractivity contribution >= 4 is 0 Å². The van der Waals surface area contributed by atoms with Crippen LogP contribution in [0.4, 0.5) is 0 Å². The monoisotopic (exact) mass is 365 g/mol. The van der Waals surface area contributed by atoms with Crippen LogP contribution in [0.25, 0.3) is 0 Å². The van der Waals surface area contributed by atoms with E-state index in [9.17, 15) is 0 Å². The average Bonchev–Trinajstić information content (AvgIpc) is 3.19. The number of nitrogens with two attached hydrogens (primary N) is 1. The van der Waals surface area contributed by atoms with Gasteiger partial charge in [0.05, 0.1) is 17.8 Å². The van der Waals surface area contributed by atoms with E-state index in [-0.39, 0.29) is 5.54 Å². The maximum Gasteiger partial charge on any atom is 0.227 e. The molecule has 6 heteroatoms. The largest absolute Gasteiger partial charge is 0.339 e. The minimum absolute atomic E-state index is 0.369. The molecule has 27 heavy (non-hydrogen) atoms. The molecule has 0 amide bonds. The van der Waals surface area contributed by atoms with Gasteiger partial charge in [-0.3, -0.25) is 4.68 Å². The summed E-state index contributed by atoms with van der Waals surface area (Å²) in [5, 5.41) is 8.84. The van der Waals surface area contributed by atoms with Gasteiger partial charge in [-0.15, -0.1) is 0 Å². The van der Waals surface area contributed by atoms with Gasteiger partial charge >= 0.3 is 0 Å². The maximum absolute atomic E-state index is 6.28. The highest BCUT2D eigenvalue weighted by Gasteiger charge is 2.38. The minimum Gasteiger partial charge on any atom is -0.339 e. The Hall–Kier alpha value is -2.47. The van der Waals surface area contributed by atoms with Gasteiger partial charge in [0, 0.05) is 12.1 Å². The Morgan fingerprint density at radius 3 is 2.52 bits per heavy atom. The SMILES string of the molecule is Cc1ccc(Cn2nc(C)c(CCc3nc(C4(N)CCC4)no3)c2C)cc1. The molecule has 4 rings (SSSR count). The van der Waals surface area contributed by atoms with Crippen molar-refractivity contribution in [2.45, 2.75) is 65.0 Å². The molecule has 1 aromatic carbocycles. The van der Waals surface area contributed by atoms with E-state index in [4.69, 9.17) is 15.4 Å². The standard InChI is InChI=1S/C21H27N5O/c1-14-5-7-17(8-6-14)13-26-16(3)18(15(2)24-26)9-10-19-23-20(25-27-19)21(22)11-4-12-21/h5-8H,4,9-13,22H2,1-3H3. The predicted octanol–water partition coefficient (Wildman–Crippen LogP) is 3.36. The number of benzene rings is 1. The molecule has 1 aliphatic carbocycles. The highest BCUT2D eigenvalue weighted by atomic mass is 16.5. The van der Waals surface area contributed by atoms with Crippen LogP contribution in [0.3, 0.4) is 0 Å². The molecule has 0 atom stereocenters. The summed E-state index contributed by atoms with van der Waals surface area (Å²) in [6, 6.07) is 8.60. The van der Waals surface area contributed by atoms with E-state index in [1.54, 1.807) is 0 Å². The molecule has 2 heterocycles. The van der Waals surface area contributed by atoms with E-state index in [1.165, 1.54) is 22.4 Å². The highest BCUT2D eigenvalue weighted by molar-refractivity contribution is 5.27. The van der Waals surface area contributed by atoms with Crippen molar-refractivity contribution in [1.82, 2.24) is 19.9 Å². The second-order valence-corrected chi connectivity index (χ2v) is 7.81. The van der Waals surface area contributed by atoms with E-state index in [0.29, 0.717) is 18.1 Å². The second-order valence-electron chi connectivity index (χ2n) is 7.81. The quantitative estimate of drug-likeness (QED) is 0.724. The van der Waals surface area contributed by atoms with E-state index in [0.717, 1.165) is 37.9 Å². The normalized spacial score (nSPS) is 15.7. The highest BCUT2D eigenvalue weighted by Crippen LogP contribution is 2.36. The number of hydrogen-bond donors (Lipinski definition) is 1. The minimum atomic E-state index is -0.369. The zero-order valence-electron chi connectivity index (χ0n) is 16.3. The van der Waals surface area contributed by atoms with E-state index >= 15 is 0 Å². The second kappa shape index (κ2) is 6.93. The summed E-state index contributed by atoms with van der Waals surface area (Å²) in [5.74, 6) is 1.32. The topological polar surface area (TPSA) is 82.8 Å². The van der Waals surface area contributed by atoms with Crippen LogP contribution in [-0.2, 0) is 24.9 Å². The van der Waals surface area contributed by atoms with Crippen molar-refractivity contribution in [1.29, 1.82) is 0 Å². The molecule has 0 radical (unpaired) electrons. The zero-order valence-corrected chi connectivity index (χ0v) is 16.3. The van der Waals surface area contributed by atoms with E-state index in [1.807, 2.05) is 0 Å². The van der Waals surface area contributed by atoms with Gasteiger partial charge in [-0.1, -0.05) is 35.0 Å². The Labute approximate surface area is 159 Å². The Balaban J connectivity index is 1.45.